The normalized spacial score (nSPS) is 11.3. The molecule has 0 fully saturated rings. The number of sulfone groups is 1. The molecule has 200 valence electrons. The highest BCUT2D eigenvalue weighted by Gasteiger charge is 2.20. The molecule has 0 saturated heterocycles. The van der Waals surface area contributed by atoms with E-state index in [9.17, 15) is 13.2 Å². The summed E-state index contributed by atoms with van der Waals surface area (Å²) in [6, 6.07) is 18.4. The lowest BCUT2D eigenvalue weighted by atomic mass is 10.0. The summed E-state index contributed by atoms with van der Waals surface area (Å²) in [6.45, 7) is 1.83. The van der Waals surface area contributed by atoms with Gasteiger partial charge in [-0.25, -0.2) is 12.8 Å². The second kappa shape index (κ2) is 11.2. The van der Waals surface area contributed by atoms with E-state index in [2.05, 4.69) is 10.2 Å². The molecule has 39 heavy (non-hydrogen) atoms. The van der Waals surface area contributed by atoms with Crippen LogP contribution >= 0.6 is 21.5 Å². The molecule has 11 heteroatoms. The summed E-state index contributed by atoms with van der Waals surface area (Å²) in [5.74, 6) is -0.617. The second-order valence-electron chi connectivity index (χ2n) is 8.67. The van der Waals surface area contributed by atoms with Crippen LogP contribution in [0.4, 0.5) is 4.39 Å². The van der Waals surface area contributed by atoms with Crippen molar-refractivity contribution in [3.63, 3.8) is 0 Å². The van der Waals surface area contributed by atoms with Crippen molar-refractivity contribution >= 4 is 42.2 Å². The first-order valence-corrected chi connectivity index (χ1v) is 13.5. The largest absolute Gasteiger partial charge is 0.495 e. The predicted octanol–water partition coefficient (Wildman–Crippen LogP) is 5.59. The van der Waals surface area contributed by atoms with E-state index >= 15 is 4.39 Å². The first-order valence-electron chi connectivity index (χ1n) is 11.5. The summed E-state index contributed by atoms with van der Waals surface area (Å²) in [5, 5.41) is 8.62. The SMILES string of the molecule is COc1cc(-c2ccc(Cl)c(C)c2)c(F)cc1-n1c(=O)ccc2cc(S(=O)(=O)Cc3cccnn3)ccc21.P. The molecule has 0 saturated carbocycles. The maximum Gasteiger partial charge on any atom is 0.255 e. The van der Waals surface area contributed by atoms with E-state index in [0.29, 0.717) is 27.2 Å². The number of ether oxygens (including phenoxy) is 1. The quantitative estimate of drug-likeness (QED) is 0.242. The van der Waals surface area contributed by atoms with E-state index in [0.717, 1.165) is 5.56 Å². The lowest BCUT2D eigenvalue weighted by Gasteiger charge is -2.17. The van der Waals surface area contributed by atoms with Gasteiger partial charge in [0.1, 0.15) is 11.6 Å². The van der Waals surface area contributed by atoms with Gasteiger partial charge in [-0.05, 0) is 72.6 Å². The van der Waals surface area contributed by atoms with E-state index in [1.807, 2.05) is 6.92 Å². The molecule has 0 radical (unpaired) electrons. The van der Waals surface area contributed by atoms with Crippen molar-refractivity contribution in [3.05, 3.63) is 111 Å². The lowest BCUT2D eigenvalue weighted by Crippen LogP contribution is -2.18. The molecule has 0 N–H and O–H groups in total. The molecule has 2 aromatic heterocycles. The van der Waals surface area contributed by atoms with Crippen LogP contribution < -0.4 is 10.3 Å². The zero-order valence-corrected chi connectivity index (χ0v) is 24.0. The monoisotopic (exact) mass is 583 g/mol. The maximum atomic E-state index is 15.4. The minimum atomic E-state index is -3.74. The number of methoxy groups -OCH3 is 1. The average molecular weight is 584 g/mol. The Balaban J connectivity index is 0.00000353. The van der Waals surface area contributed by atoms with Crippen LogP contribution in [-0.4, -0.2) is 30.3 Å². The Morgan fingerprint density at radius 3 is 2.51 bits per heavy atom. The summed E-state index contributed by atoms with van der Waals surface area (Å²) < 4.78 is 48.3. The van der Waals surface area contributed by atoms with E-state index in [1.54, 1.807) is 30.3 Å². The molecule has 3 aromatic carbocycles. The van der Waals surface area contributed by atoms with E-state index in [1.165, 1.54) is 60.3 Å². The van der Waals surface area contributed by atoms with E-state index in [-0.39, 0.29) is 37.5 Å². The van der Waals surface area contributed by atoms with Gasteiger partial charge in [-0.1, -0.05) is 17.7 Å². The zero-order valence-electron chi connectivity index (χ0n) is 21.1. The number of nitrogens with zero attached hydrogens (tertiary/aromatic N) is 3. The van der Waals surface area contributed by atoms with E-state index in [4.69, 9.17) is 16.3 Å². The fraction of sp³-hybridized carbons (Fsp3) is 0.107. The van der Waals surface area contributed by atoms with Gasteiger partial charge in [0.25, 0.3) is 5.56 Å². The van der Waals surface area contributed by atoms with Crippen molar-refractivity contribution in [1.82, 2.24) is 14.8 Å². The molecule has 5 rings (SSSR count). The van der Waals surface area contributed by atoms with Crippen LogP contribution in [-0.2, 0) is 15.6 Å². The molecular weight excluding hydrogens is 560 g/mol. The van der Waals surface area contributed by atoms with Crippen LogP contribution in [0.5, 0.6) is 5.75 Å². The van der Waals surface area contributed by atoms with Gasteiger partial charge in [0.2, 0.25) is 0 Å². The summed E-state index contributed by atoms with van der Waals surface area (Å²) in [7, 11) is -2.31. The van der Waals surface area contributed by atoms with Gasteiger partial charge >= 0.3 is 0 Å². The first-order chi connectivity index (χ1) is 18.2. The van der Waals surface area contributed by atoms with Gasteiger partial charge in [-0.3, -0.25) is 9.36 Å². The van der Waals surface area contributed by atoms with Crippen molar-refractivity contribution in [1.29, 1.82) is 0 Å². The van der Waals surface area contributed by atoms with Crippen molar-refractivity contribution in [3.8, 4) is 22.6 Å². The maximum absolute atomic E-state index is 15.4. The molecule has 5 aromatic rings. The van der Waals surface area contributed by atoms with Gasteiger partial charge in [-0.15, -0.1) is 0 Å². The van der Waals surface area contributed by atoms with Gasteiger partial charge < -0.3 is 4.74 Å². The zero-order chi connectivity index (χ0) is 27.0. The fourth-order valence-corrected chi connectivity index (χ4v) is 5.68. The van der Waals surface area contributed by atoms with Gasteiger partial charge in [0.15, 0.2) is 9.84 Å². The van der Waals surface area contributed by atoms with Crippen LogP contribution in [0.25, 0.3) is 27.7 Å². The molecule has 1 unspecified atom stereocenters. The van der Waals surface area contributed by atoms with Gasteiger partial charge in [0, 0.05) is 34.3 Å². The first kappa shape index (κ1) is 28.4. The number of hydrogen-bond acceptors (Lipinski definition) is 6. The van der Waals surface area contributed by atoms with Crippen molar-refractivity contribution in [2.75, 3.05) is 7.11 Å². The molecule has 2 heterocycles. The summed E-state index contributed by atoms with van der Waals surface area (Å²) in [6.07, 6.45) is 1.46. The smallest absolute Gasteiger partial charge is 0.255 e. The van der Waals surface area contributed by atoms with Crippen molar-refractivity contribution in [2.45, 2.75) is 17.6 Å². The topological polar surface area (TPSA) is 91.2 Å². The average Bonchev–Trinajstić information content (AvgIpc) is 2.90. The number of halogens is 2. The molecule has 0 spiro atoms. The lowest BCUT2D eigenvalue weighted by molar-refractivity contribution is 0.412. The fourth-order valence-electron chi connectivity index (χ4n) is 4.27. The Kier molecular flexibility index (Phi) is 8.16. The second-order valence-corrected chi connectivity index (χ2v) is 11.1. The van der Waals surface area contributed by atoms with Crippen LogP contribution in [0.3, 0.4) is 0 Å². The van der Waals surface area contributed by atoms with Gasteiger partial charge in [0.05, 0.1) is 34.7 Å². The Bertz CT molecular complexity index is 1870. The molecule has 0 bridgehead atoms. The molecule has 1 atom stereocenters. The van der Waals surface area contributed by atoms with Crippen LogP contribution in [0.15, 0.2) is 88.7 Å². The molecule has 0 aliphatic carbocycles. The number of aryl methyl sites for hydroxylation is 1. The third kappa shape index (κ3) is 5.57. The summed E-state index contributed by atoms with van der Waals surface area (Å²) in [4.78, 5) is 13.1. The minimum absolute atomic E-state index is 0. The molecule has 0 aliphatic heterocycles. The van der Waals surface area contributed by atoms with Crippen molar-refractivity contribution < 1.29 is 17.5 Å². The third-order valence-electron chi connectivity index (χ3n) is 6.17. The Morgan fingerprint density at radius 1 is 1.03 bits per heavy atom. The van der Waals surface area contributed by atoms with Crippen LogP contribution in [0.1, 0.15) is 11.3 Å². The Labute approximate surface area is 232 Å². The van der Waals surface area contributed by atoms with Crippen LogP contribution in [0, 0.1) is 12.7 Å². The summed E-state index contributed by atoms with van der Waals surface area (Å²) >= 11 is 6.12. The highest BCUT2D eigenvalue weighted by atomic mass is 35.5. The number of benzene rings is 3. The molecule has 0 aliphatic rings. The number of pyridine rings is 1. The highest BCUT2D eigenvalue weighted by molar-refractivity contribution is 7.90. The van der Waals surface area contributed by atoms with Crippen LogP contribution in [0.2, 0.25) is 5.02 Å². The van der Waals surface area contributed by atoms with Crippen molar-refractivity contribution in [2.24, 2.45) is 0 Å². The van der Waals surface area contributed by atoms with Gasteiger partial charge in [-0.2, -0.15) is 20.1 Å². The molecule has 0 amide bonds. The predicted molar refractivity (Wildman–Crippen MR) is 155 cm³/mol. The Hall–Kier alpha value is -3.65. The molecular formula is C28H24ClFN3O4PS. The Morgan fingerprint density at radius 2 is 1.82 bits per heavy atom. The van der Waals surface area contributed by atoms with E-state index < -0.39 is 21.2 Å². The summed E-state index contributed by atoms with van der Waals surface area (Å²) in [5.41, 5.74) is 2.15. The number of fused-ring (bicyclic) bond motifs is 1. The highest BCUT2D eigenvalue weighted by Crippen LogP contribution is 2.35. The number of aromatic nitrogens is 3. The third-order valence-corrected chi connectivity index (χ3v) is 8.24. The minimum Gasteiger partial charge on any atom is -0.495 e. The number of hydrogen-bond donors (Lipinski definition) is 0. The molecule has 7 nitrogen and oxygen atoms in total. The number of rotatable bonds is 6. The standard InChI is InChI=1S/C28H21ClFN3O4S.H3P/c1-17-12-18(5-8-23(17)29)22-14-27(37-2)26(15-24(22)30)33-25-9-7-21(13-19(25)6-10-28(33)34)38(35,36)16-20-4-3-11-31-32-20;/h3-15H,16H2,1-2H3;1H3.